The van der Waals surface area contributed by atoms with E-state index in [4.69, 9.17) is 0 Å². The molecule has 2 aliphatic carbocycles. The van der Waals surface area contributed by atoms with Crippen molar-refractivity contribution < 1.29 is 4.79 Å². The van der Waals surface area contributed by atoms with Crippen LogP contribution >= 0.6 is 15.9 Å². The summed E-state index contributed by atoms with van der Waals surface area (Å²) in [4.78, 5) is 14.5. The third kappa shape index (κ3) is 1.81. The van der Waals surface area contributed by atoms with Gasteiger partial charge in [-0.05, 0) is 37.0 Å². The molecule has 3 fully saturated rings. The molecular weight excluding hydrogens is 266 g/mol. The second-order valence-corrected chi connectivity index (χ2v) is 6.38. The summed E-state index contributed by atoms with van der Waals surface area (Å²) in [6.07, 6.45) is 6.54. The van der Waals surface area contributed by atoms with Crippen LogP contribution in [0.1, 0.15) is 32.1 Å². The smallest absolute Gasteiger partial charge is 0.226 e. The second-order valence-electron chi connectivity index (χ2n) is 5.73. The third-order valence-electron chi connectivity index (χ3n) is 4.76. The van der Waals surface area contributed by atoms with Crippen LogP contribution in [-0.4, -0.2) is 29.2 Å². The Hall–Kier alpha value is -0.0500. The first-order valence-corrected chi connectivity index (χ1v) is 7.78. The minimum atomic E-state index is 0.427. The Balaban J connectivity index is 1.58. The summed E-state index contributed by atoms with van der Waals surface area (Å²) in [5, 5.41) is 1.05. The molecule has 2 saturated carbocycles. The molecular formula is C13H20BrNO. The molecule has 0 bridgehead atoms. The number of amides is 1. The summed E-state index contributed by atoms with van der Waals surface area (Å²) in [5.41, 5.74) is 0. The van der Waals surface area contributed by atoms with Crippen LogP contribution in [0, 0.1) is 23.7 Å². The first-order chi connectivity index (χ1) is 7.81. The van der Waals surface area contributed by atoms with Gasteiger partial charge in [0.05, 0.1) is 0 Å². The van der Waals surface area contributed by atoms with Gasteiger partial charge in [-0.2, -0.15) is 0 Å². The predicted octanol–water partition coefficient (Wildman–Crippen LogP) is 2.67. The zero-order valence-electron chi connectivity index (χ0n) is 9.70. The maximum atomic E-state index is 12.3. The van der Waals surface area contributed by atoms with Crippen LogP contribution in [0.4, 0.5) is 0 Å². The lowest BCUT2D eigenvalue weighted by atomic mass is 10.0. The van der Waals surface area contributed by atoms with Gasteiger partial charge in [-0.3, -0.25) is 4.79 Å². The number of rotatable bonds is 2. The molecule has 1 aliphatic heterocycles. The maximum Gasteiger partial charge on any atom is 0.226 e. The summed E-state index contributed by atoms with van der Waals surface area (Å²) in [5.74, 6) is 3.15. The SMILES string of the molecule is O=C(C1C2CCCCC21)N1CCC(CBr)C1. The molecule has 90 valence electrons. The largest absolute Gasteiger partial charge is 0.342 e. The number of fused-ring (bicyclic) bond motifs is 1. The minimum Gasteiger partial charge on any atom is -0.342 e. The number of alkyl halides is 1. The molecule has 3 aliphatic rings. The van der Waals surface area contributed by atoms with E-state index in [1.54, 1.807) is 0 Å². The van der Waals surface area contributed by atoms with Crippen molar-refractivity contribution in [2.75, 3.05) is 18.4 Å². The van der Waals surface area contributed by atoms with E-state index in [1.165, 1.54) is 32.1 Å². The number of carbonyl (C=O) groups is 1. The second kappa shape index (κ2) is 4.32. The van der Waals surface area contributed by atoms with E-state index in [-0.39, 0.29) is 0 Å². The summed E-state index contributed by atoms with van der Waals surface area (Å²) in [6, 6.07) is 0. The topological polar surface area (TPSA) is 20.3 Å². The molecule has 3 atom stereocenters. The highest BCUT2D eigenvalue weighted by atomic mass is 79.9. The lowest BCUT2D eigenvalue weighted by Gasteiger charge is -2.16. The standard InChI is InChI=1S/C13H20BrNO/c14-7-9-5-6-15(8-9)13(16)12-10-3-1-2-4-11(10)12/h9-12H,1-8H2. The number of halogens is 1. The first kappa shape index (κ1) is 11.1. The molecule has 1 amide bonds. The van der Waals surface area contributed by atoms with Crippen LogP contribution in [0.5, 0.6) is 0 Å². The van der Waals surface area contributed by atoms with Gasteiger partial charge in [0.25, 0.3) is 0 Å². The molecule has 0 aromatic carbocycles. The molecule has 0 N–H and O–H groups in total. The van der Waals surface area contributed by atoms with Gasteiger partial charge in [0, 0.05) is 24.3 Å². The van der Waals surface area contributed by atoms with E-state index in [0.29, 0.717) is 17.7 Å². The maximum absolute atomic E-state index is 12.3. The van der Waals surface area contributed by atoms with Crippen LogP contribution < -0.4 is 0 Å². The first-order valence-electron chi connectivity index (χ1n) is 6.66. The average molecular weight is 286 g/mol. The van der Waals surface area contributed by atoms with Crippen LogP contribution in [0.15, 0.2) is 0 Å². The van der Waals surface area contributed by atoms with Crippen LogP contribution in [-0.2, 0) is 4.79 Å². The van der Waals surface area contributed by atoms with Crippen molar-refractivity contribution in [2.24, 2.45) is 23.7 Å². The molecule has 16 heavy (non-hydrogen) atoms. The molecule has 0 radical (unpaired) electrons. The Morgan fingerprint density at radius 1 is 1.19 bits per heavy atom. The van der Waals surface area contributed by atoms with Gasteiger partial charge >= 0.3 is 0 Å². The fourth-order valence-electron chi connectivity index (χ4n) is 3.73. The lowest BCUT2D eigenvalue weighted by molar-refractivity contribution is -0.132. The highest BCUT2D eigenvalue weighted by Gasteiger charge is 2.56. The minimum absolute atomic E-state index is 0.427. The van der Waals surface area contributed by atoms with Crippen molar-refractivity contribution in [3.63, 3.8) is 0 Å². The average Bonchev–Trinajstić information content (AvgIpc) is 2.84. The van der Waals surface area contributed by atoms with Crippen LogP contribution in [0.25, 0.3) is 0 Å². The van der Waals surface area contributed by atoms with Gasteiger partial charge in [0.15, 0.2) is 0 Å². The van der Waals surface area contributed by atoms with Gasteiger partial charge in [-0.25, -0.2) is 0 Å². The van der Waals surface area contributed by atoms with E-state index >= 15 is 0 Å². The van der Waals surface area contributed by atoms with Crippen molar-refractivity contribution in [3.8, 4) is 0 Å². The van der Waals surface area contributed by atoms with Crippen molar-refractivity contribution in [2.45, 2.75) is 32.1 Å². The van der Waals surface area contributed by atoms with Crippen molar-refractivity contribution in [1.29, 1.82) is 0 Å². The number of carbonyl (C=O) groups excluding carboxylic acids is 1. The number of likely N-dealkylation sites (tertiary alicyclic amines) is 1. The van der Waals surface area contributed by atoms with E-state index < -0.39 is 0 Å². The Morgan fingerprint density at radius 3 is 2.44 bits per heavy atom. The molecule has 2 nitrogen and oxygen atoms in total. The zero-order chi connectivity index (χ0) is 11.1. The van der Waals surface area contributed by atoms with E-state index in [1.807, 2.05) is 0 Å². The van der Waals surface area contributed by atoms with E-state index in [2.05, 4.69) is 20.8 Å². The predicted molar refractivity (Wildman–Crippen MR) is 67.4 cm³/mol. The number of nitrogens with zero attached hydrogens (tertiary/aromatic N) is 1. The molecule has 3 unspecified atom stereocenters. The number of hydrogen-bond donors (Lipinski definition) is 0. The molecule has 0 aromatic heterocycles. The Kier molecular flexibility index (Phi) is 2.99. The van der Waals surface area contributed by atoms with E-state index in [9.17, 15) is 4.79 Å². The summed E-state index contributed by atoms with van der Waals surface area (Å²) in [6.45, 7) is 2.01. The molecule has 3 rings (SSSR count). The fraction of sp³-hybridized carbons (Fsp3) is 0.923. The highest BCUT2D eigenvalue weighted by molar-refractivity contribution is 9.09. The van der Waals surface area contributed by atoms with Gasteiger partial charge in [0.1, 0.15) is 0 Å². The summed E-state index contributed by atoms with van der Waals surface area (Å²) < 4.78 is 0. The van der Waals surface area contributed by atoms with Gasteiger partial charge in [0.2, 0.25) is 5.91 Å². The van der Waals surface area contributed by atoms with Crippen LogP contribution in [0.2, 0.25) is 0 Å². The molecule has 0 spiro atoms. The summed E-state index contributed by atoms with van der Waals surface area (Å²) >= 11 is 3.53. The van der Waals surface area contributed by atoms with Crippen molar-refractivity contribution >= 4 is 21.8 Å². The molecule has 0 aromatic rings. The summed E-state index contributed by atoms with van der Waals surface area (Å²) in [7, 11) is 0. The third-order valence-corrected chi connectivity index (χ3v) is 5.67. The lowest BCUT2D eigenvalue weighted by Crippen LogP contribution is -2.31. The number of hydrogen-bond acceptors (Lipinski definition) is 1. The van der Waals surface area contributed by atoms with Gasteiger partial charge < -0.3 is 4.90 Å². The normalized spacial score (nSPS) is 41.9. The van der Waals surface area contributed by atoms with E-state index in [0.717, 1.165) is 30.3 Å². The van der Waals surface area contributed by atoms with Crippen LogP contribution in [0.3, 0.4) is 0 Å². The Labute approximate surface area is 106 Å². The molecule has 1 saturated heterocycles. The quantitative estimate of drug-likeness (QED) is 0.715. The van der Waals surface area contributed by atoms with Gasteiger partial charge in [-0.1, -0.05) is 28.8 Å². The Morgan fingerprint density at radius 2 is 1.88 bits per heavy atom. The van der Waals surface area contributed by atoms with Crippen molar-refractivity contribution in [3.05, 3.63) is 0 Å². The van der Waals surface area contributed by atoms with Gasteiger partial charge in [-0.15, -0.1) is 0 Å². The highest BCUT2D eigenvalue weighted by Crippen LogP contribution is 2.56. The fourth-order valence-corrected chi connectivity index (χ4v) is 4.26. The molecule has 1 heterocycles. The monoisotopic (exact) mass is 285 g/mol. The van der Waals surface area contributed by atoms with Crippen molar-refractivity contribution in [1.82, 2.24) is 4.90 Å². The zero-order valence-corrected chi connectivity index (χ0v) is 11.3. The Bertz CT molecular complexity index is 282. The molecule has 3 heteroatoms.